The smallest absolute Gasteiger partial charge is 0.314 e. The number of aromatic hydroxyl groups is 1. The fourth-order valence-electron chi connectivity index (χ4n) is 3.31. The molecule has 0 bridgehead atoms. The maximum absolute atomic E-state index is 12.0. The van der Waals surface area contributed by atoms with Crippen LogP contribution in [0.5, 0.6) is 11.5 Å². The largest absolute Gasteiger partial charge is 0.504 e. The summed E-state index contributed by atoms with van der Waals surface area (Å²) in [5.74, 6) is -0.524. The van der Waals surface area contributed by atoms with Crippen molar-refractivity contribution in [1.29, 1.82) is 0 Å². The quantitative estimate of drug-likeness (QED) is 0.886. The molecule has 1 aromatic rings. The molecule has 122 valence electrons. The predicted molar refractivity (Wildman–Crippen MR) is 85.8 cm³/mol. The SMILES string of the molecule is COc1cc(C(C)(C)C)cc(C2(C(=O)O)CCCCC2)c1O. The molecule has 4 nitrogen and oxygen atoms in total. The van der Waals surface area contributed by atoms with Crippen molar-refractivity contribution in [2.75, 3.05) is 7.11 Å². The zero-order chi connectivity index (χ0) is 16.5. The van der Waals surface area contributed by atoms with E-state index >= 15 is 0 Å². The van der Waals surface area contributed by atoms with Crippen molar-refractivity contribution < 1.29 is 19.7 Å². The molecule has 22 heavy (non-hydrogen) atoms. The van der Waals surface area contributed by atoms with Crippen LogP contribution in [0.4, 0.5) is 0 Å². The molecule has 2 N–H and O–H groups in total. The molecule has 0 aliphatic heterocycles. The Labute approximate surface area is 132 Å². The number of phenols is 1. The Kier molecular flexibility index (Phi) is 4.41. The minimum atomic E-state index is -1.00. The summed E-state index contributed by atoms with van der Waals surface area (Å²) < 4.78 is 5.29. The average molecular weight is 306 g/mol. The topological polar surface area (TPSA) is 66.8 Å². The van der Waals surface area contributed by atoms with E-state index in [0.717, 1.165) is 24.8 Å². The summed E-state index contributed by atoms with van der Waals surface area (Å²) in [6.07, 6.45) is 3.91. The van der Waals surface area contributed by atoms with Crippen LogP contribution >= 0.6 is 0 Å². The maximum Gasteiger partial charge on any atom is 0.314 e. The first-order valence-electron chi connectivity index (χ1n) is 7.88. The van der Waals surface area contributed by atoms with Crippen LogP contribution in [-0.4, -0.2) is 23.3 Å². The van der Waals surface area contributed by atoms with E-state index in [1.807, 2.05) is 6.07 Å². The summed E-state index contributed by atoms with van der Waals surface area (Å²) in [7, 11) is 1.50. The molecule has 1 aromatic carbocycles. The van der Waals surface area contributed by atoms with Gasteiger partial charge < -0.3 is 14.9 Å². The van der Waals surface area contributed by atoms with Crippen molar-refractivity contribution in [3.05, 3.63) is 23.3 Å². The molecule has 4 heteroatoms. The first kappa shape index (κ1) is 16.7. The van der Waals surface area contributed by atoms with Gasteiger partial charge in [0.1, 0.15) is 0 Å². The fraction of sp³-hybridized carbons (Fsp3) is 0.611. The molecule has 0 heterocycles. The highest BCUT2D eigenvalue weighted by atomic mass is 16.5. The van der Waals surface area contributed by atoms with Crippen molar-refractivity contribution in [3.63, 3.8) is 0 Å². The van der Waals surface area contributed by atoms with Gasteiger partial charge in [0, 0.05) is 5.56 Å². The molecule has 1 aliphatic carbocycles. The lowest BCUT2D eigenvalue weighted by Crippen LogP contribution is -2.38. The molecule has 0 aromatic heterocycles. The number of ether oxygens (including phenoxy) is 1. The Balaban J connectivity index is 2.68. The molecule has 1 saturated carbocycles. The number of methoxy groups -OCH3 is 1. The van der Waals surface area contributed by atoms with E-state index in [1.54, 1.807) is 6.07 Å². The van der Waals surface area contributed by atoms with Gasteiger partial charge in [-0.2, -0.15) is 0 Å². The summed E-state index contributed by atoms with van der Waals surface area (Å²) in [4.78, 5) is 12.0. The van der Waals surface area contributed by atoms with E-state index in [4.69, 9.17) is 4.74 Å². The number of hydrogen-bond donors (Lipinski definition) is 2. The number of aliphatic carboxylic acids is 1. The lowest BCUT2D eigenvalue weighted by Gasteiger charge is -2.35. The molecule has 0 amide bonds. The fourth-order valence-corrected chi connectivity index (χ4v) is 3.31. The van der Waals surface area contributed by atoms with E-state index in [-0.39, 0.29) is 11.2 Å². The number of rotatable bonds is 3. The van der Waals surface area contributed by atoms with Crippen molar-refractivity contribution in [3.8, 4) is 11.5 Å². The normalized spacial score (nSPS) is 18.0. The Morgan fingerprint density at radius 2 is 1.77 bits per heavy atom. The lowest BCUT2D eigenvalue weighted by atomic mass is 9.68. The molecule has 0 saturated heterocycles. The van der Waals surface area contributed by atoms with Gasteiger partial charge in [-0.1, -0.05) is 46.1 Å². The van der Waals surface area contributed by atoms with Gasteiger partial charge in [0.05, 0.1) is 12.5 Å². The van der Waals surface area contributed by atoms with E-state index in [0.29, 0.717) is 24.2 Å². The highest BCUT2D eigenvalue weighted by molar-refractivity contribution is 5.83. The third-order valence-corrected chi connectivity index (χ3v) is 4.79. The second kappa shape index (κ2) is 5.82. The van der Waals surface area contributed by atoms with E-state index in [9.17, 15) is 15.0 Å². The van der Waals surface area contributed by atoms with Gasteiger partial charge in [0.25, 0.3) is 0 Å². The van der Waals surface area contributed by atoms with E-state index < -0.39 is 11.4 Å². The van der Waals surface area contributed by atoms with Crippen LogP contribution in [0.1, 0.15) is 64.0 Å². The molecule has 2 rings (SSSR count). The van der Waals surface area contributed by atoms with Gasteiger partial charge >= 0.3 is 5.97 Å². The van der Waals surface area contributed by atoms with Crippen LogP contribution in [0.3, 0.4) is 0 Å². The number of benzene rings is 1. The highest BCUT2D eigenvalue weighted by Crippen LogP contribution is 2.47. The first-order valence-corrected chi connectivity index (χ1v) is 7.88. The molecular weight excluding hydrogens is 280 g/mol. The Morgan fingerprint density at radius 1 is 1.18 bits per heavy atom. The minimum Gasteiger partial charge on any atom is -0.504 e. The van der Waals surface area contributed by atoms with Gasteiger partial charge in [-0.15, -0.1) is 0 Å². The van der Waals surface area contributed by atoms with Crippen molar-refractivity contribution in [2.24, 2.45) is 0 Å². The van der Waals surface area contributed by atoms with Crippen molar-refractivity contribution in [1.82, 2.24) is 0 Å². The number of carboxylic acid groups (broad SMARTS) is 1. The maximum atomic E-state index is 12.0. The van der Waals surface area contributed by atoms with Crippen molar-refractivity contribution in [2.45, 2.75) is 63.7 Å². The molecule has 1 fully saturated rings. The Hall–Kier alpha value is -1.71. The lowest BCUT2D eigenvalue weighted by molar-refractivity contribution is -0.145. The van der Waals surface area contributed by atoms with Gasteiger partial charge in [-0.3, -0.25) is 4.79 Å². The summed E-state index contributed by atoms with van der Waals surface area (Å²) in [6.45, 7) is 6.20. The van der Waals surface area contributed by atoms with Gasteiger partial charge in [0.15, 0.2) is 11.5 Å². The van der Waals surface area contributed by atoms with Crippen LogP contribution in [0, 0.1) is 0 Å². The van der Waals surface area contributed by atoms with E-state index in [2.05, 4.69) is 20.8 Å². The molecule has 0 spiro atoms. The standard InChI is InChI=1S/C18H26O4/c1-17(2,3)12-10-13(15(19)14(11-12)22-4)18(16(20)21)8-6-5-7-9-18/h10-11,19H,5-9H2,1-4H3,(H,20,21). The summed E-state index contributed by atoms with van der Waals surface area (Å²) in [5.41, 5.74) is 0.327. The number of carbonyl (C=O) groups is 1. The predicted octanol–water partition coefficient (Wildman–Crippen LogP) is 3.98. The van der Waals surface area contributed by atoms with Crippen molar-refractivity contribution >= 4 is 5.97 Å². The molecule has 0 unspecified atom stereocenters. The molecule has 1 aliphatic rings. The highest BCUT2D eigenvalue weighted by Gasteiger charge is 2.44. The Bertz CT molecular complexity index is 563. The zero-order valence-electron chi connectivity index (χ0n) is 13.9. The third-order valence-electron chi connectivity index (χ3n) is 4.79. The van der Waals surface area contributed by atoms with E-state index in [1.165, 1.54) is 7.11 Å². The Morgan fingerprint density at radius 3 is 2.23 bits per heavy atom. The summed E-state index contributed by atoms with van der Waals surface area (Å²) in [6, 6.07) is 3.66. The van der Waals surface area contributed by atoms with Gasteiger partial charge in [-0.05, 0) is 29.9 Å². The average Bonchev–Trinajstić information content (AvgIpc) is 2.46. The van der Waals surface area contributed by atoms with Crippen LogP contribution in [0.15, 0.2) is 12.1 Å². The zero-order valence-corrected chi connectivity index (χ0v) is 13.9. The first-order chi connectivity index (χ1) is 10.2. The van der Waals surface area contributed by atoms with Crippen LogP contribution in [-0.2, 0) is 15.6 Å². The van der Waals surface area contributed by atoms with Crippen LogP contribution < -0.4 is 4.74 Å². The minimum absolute atomic E-state index is 0.0280. The summed E-state index contributed by atoms with van der Waals surface area (Å²) in [5, 5.41) is 20.4. The molecular formula is C18H26O4. The van der Waals surface area contributed by atoms with Crippen LogP contribution in [0.25, 0.3) is 0 Å². The summed E-state index contributed by atoms with van der Waals surface area (Å²) >= 11 is 0. The molecule has 0 radical (unpaired) electrons. The molecule has 0 atom stereocenters. The van der Waals surface area contributed by atoms with Gasteiger partial charge in [-0.25, -0.2) is 0 Å². The second-order valence-corrected chi connectivity index (χ2v) is 7.27. The number of phenolic OH excluding ortho intramolecular Hbond substituents is 1. The third kappa shape index (κ3) is 2.79. The number of carboxylic acids is 1. The number of hydrogen-bond acceptors (Lipinski definition) is 3. The van der Waals surface area contributed by atoms with Gasteiger partial charge in [0.2, 0.25) is 0 Å². The second-order valence-electron chi connectivity index (χ2n) is 7.27. The van der Waals surface area contributed by atoms with Crippen LogP contribution in [0.2, 0.25) is 0 Å². The monoisotopic (exact) mass is 306 g/mol.